The second-order valence-electron chi connectivity index (χ2n) is 4.76. The molecule has 0 aromatic heterocycles. The van der Waals surface area contributed by atoms with Gasteiger partial charge in [0.25, 0.3) is 0 Å². The van der Waals surface area contributed by atoms with E-state index in [1.807, 2.05) is 0 Å². The molecule has 114 valence electrons. The van der Waals surface area contributed by atoms with Gasteiger partial charge in [0.2, 0.25) is 10.0 Å². The van der Waals surface area contributed by atoms with Crippen LogP contribution in [0.3, 0.4) is 0 Å². The number of benzene rings is 1. The molecule has 0 unspecified atom stereocenters. The van der Waals surface area contributed by atoms with E-state index in [4.69, 9.17) is 4.74 Å². The number of nitrogens with zero attached hydrogens (tertiary/aromatic N) is 1. The fourth-order valence-corrected chi connectivity index (χ4v) is 3.94. The number of rotatable bonds is 7. The lowest BCUT2D eigenvalue weighted by Gasteiger charge is -2.21. The highest BCUT2D eigenvalue weighted by molar-refractivity contribution is 7.89. The van der Waals surface area contributed by atoms with Gasteiger partial charge in [-0.2, -0.15) is 4.31 Å². The van der Waals surface area contributed by atoms with Crippen molar-refractivity contribution in [1.29, 1.82) is 0 Å². The fraction of sp³-hybridized carbons (Fsp3) is 0.357. The Kier molecular flexibility index (Phi) is 4.34. The quantitative estimate of drug-likeness (QED) is 0.775. The molecule has 0 heterocycles. The standard InChI is InChI=1S/C14H17NO5S/c1-3-8-15(10-4-5-10)21(18,19)13-9-11(20-2)6-7-12(13)14(16)17/h3,6-7,9-10H,1,4-5,8H2,2H3,(H,16,17). The predicted molar refractivity (Wildman–Crippen MR) is 77.1 cm³/mol. The topological polar surface area (TPSA) is 83.9 Å². The van der Waals surface area contributed by atoms with Crippen LogP contribution in [0.15, 0.2) is 35.7 Å². The first-order valence-corrected chi connectivity index (χ1v) is 7.90. The Labute approximate surface area is 123 Å². The van der Waals surface area contributed by atoms with Crippen LogP contribution in [0.25, 0.3) is 0 Å². The number of carboxylic acid groups (broad SMARTS) is 1. The molecule has 7 heteroatoms. The van der Waals surface area contributed by atoms with Crippen LogP contribution in [-0.2, 0) is 10.0 Å². The molecule has 0 saturated heterocycles. The molecule has 1 aliphatic carbocycles. The van der Waals surface area contributed by atoms with Gasteiger partial charge in [0.05, 0.1) is 12.7 Å². The summed E-state index contributed by atoms with van der Waals surface area (Å²) in [7, 11) is -2.51. The van der Waals surface area contributed by atoms with Gasteiger partial charge >= 0.3 is 5.97 Å². The molecule has 0 amide bonds. The molecule has 0 spiro atoms. The van der Waals surface area contributed by atoms with Crippen LogP contribution in [0.1, 0.15) is 23.2 Å². The van der Waals surface area contributed by atoms with E-state index in [0.29, 0.717) is 5.75 Å². The maximum absolute atomic E-state index is 12.8. The van der Waals surface area contributed by atoms with Crippen LogP contribution in [-0.4, -0.2) is 43.5 Å². The van der Waals surface area contributed by atoms with Crippen LogP contribution < -0.4 is 4.74 Å². The van der Waals surface area contributed by atoms with E-state index in [9.17, 15) is 18.3 Å². The molecule has 1 aliphatic rings. The molecule has 2 rings (SSSR count). The zero-order valence-corrected chi connectivity index (χ0v) is 12.5. The third kappa shape index (κ3) is 3.08. The fourth-order valence-electron chi connectivity index (χ4n) is 2.08. The van der Waals surface area contributed by atoms with Crippen molar-refractivity contribution < 1.29 is 23.1 Å². The molecule has 0 atom stereocenters. The van der Waals surface area contributed by atoms with Gasteiger partial charge in [-0.3, -0.25) is 0 Å². The Morgan fingerprint density at radius 2 is 2.19 bits per heavy atom. The Bertz CT molecular complexity index is 664. The molecule has 0 aliphatic heterocycles. The van der Waals surface area contributed by atoms with E-state index in [1.165, 1.54) is 35.7 Å². The highest BCUT2D eigenvalue weighted by Gasteiger charge is 2.39. The van der Waals surface area contributed by atoms with E-state index in [2.05, 4.69) is 6.58 Å². The zero-order chi connectivity index (χ0) is 15.6. The lowest BCUT2D eigenvalue weighted by Crippen LogP contribution is -2.34. The first-order chi connectivity index (χ1) is 9.91. The molecule has 1 aromatic carbocycles. The second kappa shape index (κ2) is 5.87. The molecule has 0 radical (unpaired) electrons. The summed E-state index contributed by atoms with van der Waals surface area (Å²) < 4.78 is 31.8. The number of methoxy groups -OCH3 is 1. The molecule has 1 N–H and O–H groups in total. The maximum atomic E-state index is 12.8. The average Bonchev–Trinajstić information content (AvgIpc) is 3.28. The lowest BCUT2D eigenvalue weighted by atomic mass is 10.2. The van der Waals surface area contributed by atoms with Gasteiger partial charge in [0, 0.05) is 18.7 Å². The maximum Gasteiger partial charge on any atom is 0.337 e. The summed E-state index contributed by atoms with van der Waals surface area (Å²) in [6.45, 7) is 3.72. The highest BCUT2D eigenvalue weighted by Crippen LogP contribution is 2.34. The normalized spacial score (nSPS) is 15.0. The summed E-state index contributed by atoms with van der Waals surface area (Å²) in [4.78, 5) is 11.0. The Morgan fingerprint density at radius 1 is 1.52 bits per heavy atom. The van der Waals surface area contributed by atoms with Gasteiger partial charge in [0.15, 0.2) is 0 Å². The van der Waals surface area contributed by atoms with E-state index in [-0.39, 0.29) is 23.0 Å². The number of hydrogen-bond donors (Lipinski definition) is 1. The van der Waals surface area contributed by atoms with Crippen LogP contribution in [0.5, 0.6) is 5.75 Å². The van der Waals surface area contributed by atoms with Crippen LogP contribution in [0.2, 0.25) is 0 Å². The first kappa shape index (κ1) is 15.5. The lowest BCUT2D eigenvalue weighted by molar-refractivity contribution is 0.0692. The van der Waals surface area contributed by atoms with Crippen molar-refractivity contribution in [2.75, 3.05) is 13.7 Å². The van der Waals surface area contributed by atoms with E-state index >= 15 is 0 Å². The number of aromatic carboxylic acids is 1. The van der Waals surface area contributed by atoms with Crippen molar-refractivity contribution in [3.05, 3.63) is 36.4 Å². The number of hydrogen-bond acceptors (Lipinski definition) is 4. The summed E-state index contributed by atoms with van der Waals surface area (Å²) >= 11 is 0. The molecule has 1 saturated carbocycles. The molecule has 1 aromatic rings. The summed E-state index contributed by atoms with van der Waals surface area (Å²) in [6, 6.07) is 3.84. The van der Waals surface area contributed by atoms with Crippen molar-refractivity contribution in [2.24, 2.45) is 0 Å². The van der Waals surface area contributed by atoms with Gasteiger partial charge in [-0.05, 0) is 25.0 Å². The smallest absolute Gasteiger partial charge is 0.337 e. The minimum Gasteiger partial charge on any atom is -0.497 e. The summed E-state index contributed by atoms with van der Waals surface area (Å²) in [5.41, 5.74) is -0.259. The van der Waals surface area contributed by atoms with Crippen LogP contribution in [0, 0.1) is 0 Å². The molecule has 0 bridgehead atoms. The Morgan fingerprint density at radius 3 is 2.67 bits per heavy atom. The van der Waals surface area contributed by atoms with Crippen molar-refractivity contribution in [3.63, 3.8) is 0 Å². The largest absolute Gasteiger partial charge is 0.497 e. The van der Waals surface area contributed by atoms with E-state index in [0.717, 1.165) is 12.8 Å². The van der Waals surface area contributed by atoms with Crippen LogP contribution >= 0.6 is 0 Å². The van der Waals surface area contributed by atoms with Gasteiger partial charge in [-0.15, -0.1) is 6.58 Å². The highest BCUT2D eigenvalue weighted by atomic mass is 32.2. The summed E-state index contributed by atoms with van der Waals surface area (Å²) in [5.74, 6) is -0.987. The van der Waals surface area contributed by atoms with Gasteiger partial charge in [-0.25, -0.2) is 13.2 Å². The predicted octanol–water partition coefficient (Wildman–Crippen LogP) is 1.73. The third-order valence-corrected chi connectivity index (χ3v) is 5.23. The molecule has 1 fully saturated rings. The van der Waals surface area contributed by atoms with E-state index < -0.39 is 16.0 Å². The average molecular weight is 311 g/mol. The second-order valence-corrected chi connectivity index (χ2v) is 6.62. The van der Waals surface area contributed by atoms with Gasteiger partial charge < -0.3 is 9.84 Å². The Hall–Kier alpha value is -1.86. The van der Waals surface area contributed by atoms with Gasteiger partial charge in [0.1, 0.15) is 10.6 Å². The third-order valence-electron chi connectivity index (χ3n) is 3.27. The monoisotopic (exact) mass is 311 g/mol. The molecular weight excluding hydrogens is 294 g/mol. The number of ether oxygens (including phenoxy) is 1. The minimum atomic E-state index is -3.91. The summed E-state index contributed by atoms with van der Waals surface area (Å²) in [6.07, 6.45) is 3.05. The van der Waals surface area contributed by atoms with Crippen molar-refractivity contribution in [1.82, 2.24) is 4.31 Å². The molecule has 6 nitrogen and oxygen atoms in total. The van der Waals surface area contributed by atoms with Crippen molar-refractivity contribution in [2.45, 2.75) is 23.8 Å². The van der Waals surface area contributed by atoms with Gasteiger partial charge in [-0.1, -0.05) is 6.08 Å². The molecular formula is C14H17NO5S. The SMILES string of the molecule is C=CCN(C1CC1)S(=O)(=O)c1cc(OC)ccc1C(=O)O. The zero-order valence-electron chi connectivity index (χ0n) is 11.7. The first-order valence-electron chi connectivity index (χ1n) is 6.46. The molecule has 21 heavy (non-hydrogen) atoms. The number of sulfonamides is 1. The van der Waals surface area contributed by atoms with Crippen molar-refractivity contribution in [3.8, 4) is 5.75 Å². The number of carbonyl (C=O) groups is 1. The Balaban J connectivity index is 2.56. The van der Waals surface area contributed by atoms with Crippen LogP contribution in [0.4, 0.5) is 0 Å². The number of carboxylic acids is 1. The van der Waals surface area contributed by atoms with E-state index in [1.54, 1.807) is 0 Å². The summed E-state index contributed by atoms with van der Waals surface area (Å²) in [5, 5.41) is 9.21. The minimum absolute atomic E-state index is 0.0826. The van der Waals surface area contributed by atoms with Crippen molar-refractivity contribution >= 4 is 16.0 Å².